The number of esters is 4. The van der Waals surface area contributed by atoms with Crippen LogP contribution in [-0.4, -0.2) is 96.7 Å². The average Bonchev–Trinajstić information content (AvgIpc) is 2.55. The van der Waals surface area contributed by atoms with Crippen LogP contribution < -0.4 is 0 Å². The second-order valence-electron chi connectivity index (χ2n) is 26.5. The van der Waals surface area contributed by atoms with E-state index in [4.69, 9.17) is 37.0 Å². The quantitative estimate of drug-likeness (QED) is 0.0222. The van der Waals surface area contributed by atoms with Gasteiger partial charge in [0.2, 0.25) is 0 Å². The van der Waals surface area contributed by atoms with E-state index in [1.165, 1.54) is 199 Å². The number of unbranched alkanes of at least 4 members (excludes halogenated alkanes) is 44. The van der Waals surface area contributed by atoms with E-state index in [1.54, 1.807) is 0 Å². The van der Waals surface area contributed by atoms with Gasteiger partial charge in [-0.15, -0.1) is 0 Å². The molecule has 0 saturated carbocycles. The van der Waals surface area contributed by atoms with E-state index in [-0.39, 0.29) is 25.7 Å². The topological polar surface area (TPSA) is 237 Å². The van der Waals surface area contributed by atoms with Gasteiger partial charge in [-0.05, 0) is 31.6 Å². The average molecular weight is 1340 g/mol. The van der Waals surface area contributed by atoms with Crippen molar-refractivity contribution in [1.82, 2.24) is 0 Å². The third-order valence-electron chi connectivity index (χ3n) is 16.8. The minimum atomic E-state index is -4.95. The highest BCUT2D eigenvalue weighted by molar-refractivity contribution is 7.47. The van der Waals surface area contributed by atoms with Gasteiger partial charge in [0.25, 0.3) is 0 Å². The zero-order chi connectivity index (χ0) is 67.0. The summed E-state index contributed by atoms with van der Waals surface area (Å²) in [5, 5.41) is 10.6. The van der Waals surface area contributed by atoms with Crippen LogP contribution in [0.3, 0.4) is 0 Å². The Balaban J connectivity index is 5.17. The first-order chi connectivity index (χ1) is 44.0. The molecule has 5 atom stereocenters. The maximum absolute atomic E-state index is 13.0. The number of hydrogen-bond donors (Lipinski definition) is 3. The number of hydrogen-bond acceptors (Lipinski definition) is 15. The summed E-state index contributed by atoms with van der Waals surface area (Å²) in [5.74, 6) is -1.40. The van der Waals surface area contributed by atoms with Crippen LogP contribution in [0.25, 0.3) is 0 Å². The zero-order valence-corrected chi connectivity index (χ0v) is 60.8. The SMILES string of the molecule is CCCCCCCCCCCCCCCCCCCCCCC(=O)O[C@H](COC(=O)CCCCCCCCCCC(C)C)COP(=O)(O)OC[C@@H](O)COP(=O)(O)OC[C@@H](COC(=O)CCCCCCCCCCC)OC(=O)CCCCCCCCCCCCC. The molecule has 91 heavy (non-hydrogen) atoms. The van der Waals surface area contributed by atoms with E-state index < -0.39 is 97.5 Å². The lowest BCUT2D eigenvalue weighted by molar-refractivity contribution is -0.161. The van der Waals surface area contributed by atoms with Crippen LogP contribution >= 0.6 is 15.6 Å². The Hall–Kier alpha value is -1.94. The molecular formula is C72H140O17P2. The van der Waals surface area contributed by atoms with Crippen molar-refractivity contribution in [3.63, 3.8) is 0 Å². The third-order valence-corrected chi connectivity index (χ3v) is 18.7. The number of carbonyl (C=O) groups excluding carboxylic acids is 4. The number of carbonyl (C=O) groups is 4. The fraction of sp³-hybridized carbons (Fsp3) is 0.944. The molecule has 0 aromatic rings. The summed E-state index contributed by atoms with van der Waals surface area (Å²) in [5.41, 5.74) is 0. The Morgan fingerprint density at radius 2 is 0.505 bits per heavy atom. The Morgan fingerprint density at radius 3 is 0.747 bits per heavy atom. The number of phosphoric ester groups is 2. The molecule has 0 amide bonds. The van der Waals surface area contributed by atoms with Crippen molar-refractivity contribution >= 4 is 39.5 Å². The van der Waals surface area contributed by atoms with Gasteiger partial charge in [-0.1, -0.05) is 324 Å². The van der Waals surface area contributed by atoms with Gasteiger partial charge in [0.15, 0.2) is 12.2 Å². The van der Waals surface area contributed by atoms with E-state index in [1.807, 2.05) is 0 Å². The van der Waals surface area contributed by atoms with Crippen molar-refractivity contribution in [2.24, 2.45) is 5.92 Å². The first-order valence-electron chi connectivity index (χ1n) is 37.6. The largest absolute Gasteiger partial charge is 0.472 e. The van der Waals surface area contributed by atoms with E-state index >= 15 is 0 Å². The van der Waals surface area contributed by atoms with Gasteiger partial charge in [-0.2, -0.15) is 0 Å². The van der Waals surface area contributed by atoms with Gasteiger partial charge in [-0.3, -0.25) is 37.3 Å². The molecule has 2 unspecified atom stereocenters. The highest BCUT2D eigenvalue weighted by atomic mass is 31.2. The van der Waals surface area contributed by atoms with Crippen molar-refractivity contribution in [2.45, 2.75) is 393 Å². The highest BCUT2D eigenvalue weighted by Crippen LogP contribution is 2.45. The van der Waals surface area contributed by atoms with Crippen LogP contribution in [0.15, 0.2) is 0 Å². The van der Waals surface area contributed by atoms with Crippen LogP contribution in [0, 0.1) is 5.92 Å². The molecule has 0 fully saturated rings. The number of aliphatic hydroxyl groups is 1. The molecule has 0 aliphatic heterocycles. The second kappa shape index (κ2) is 65.4. The third kappa shape index (κ3) is 66.5. The van der Waals surface area contributed by atoms with E-state index in [0.717, 1.165) is 95.8 Å². The predicted octanol–water partition coefficient (Wildman–Crippen LogP) is 20.9. The molecule has 0 aromatic heterocycles. The number of ether oxygens (including phenoxy) is 4. The number of aliphatic hydroxyl groups excluding tert-OH is 1. The molecule has 0 spiro atoms. The molecule has 17 nitrogen and oxygen atoms in total. The summed E-state index contributed by atoms with van der Waals surface area (Å²) >= 11 is 0. The van der Waals surface area contributed by atoms with E-state index in [0.29, 0.717) is 25.7 Å². The fourth-order valence-electron chi connectivity index (χ4n) is 11.0. The van der Waals surface area contributed by atoms with Crippen LogP contribution in [0.5, 0.6) is 0 Å². The summed E-state index contributed by atoms with van der Waals surface area (Å²) in [6, 6.07) is 0. The zero-order valence-electron chi connectivity index (χ0n) is 59.0. The first-order valence-corrected chi connectivity index (χ1v) is 40.6. The molecule has 19 heteroatoms. The lowest BCUT2D eigenvalue weighted by atomic mass is 10.0. The molecule has 0 rings (SSSR count). The molecule has 0 radical (unpaired) electrons. The van der Waals surface area contributed by atoms with Crippen LogP contribution in [0.2, 0.25) is 0 Å². The molecule has 0 aromatic carbocycles. The summed E-state index contributed by atoms with van der Waals surface area (Å²) in [6.45, 7) is 7.21. The highest BCUT2D eigenvalue weighted by Gasteiger charge is 2.30. The maximum Gasteiger partial charge on any atom is 0.472 e. The first kappa shape index (κ1) is 89.1. The summed E-state index contributed by atoms with van der Waals surface area (Å²) in [4.78, 5) is 72.5. The summed E-state index contributed by atoms with van der Waals surface area (Å²) in [6.07, 6.45) is 52.8. The van der Waals surface area contributed by atoms with Gasteiger partial charge >= 0.3 is 39.5 Å². The number of rotatable bonds is 72. The number of phosphoric acid groups is 2. The Morgan fingerprint density at radius 1 is 0.297 bits per heavy atom. The van der Waals surface area contributed by atoms with Crippen LogP contribution in [0.1, 0.15) is 375 Å². The minimum absolute atomic E-state index is 0.107. The van der Waals surface area contributed by atoms with E-state index in [2.05, 4.69) is 34.6 Å². The standard InChI is InChI=1S/C72H140O17P2/c1-6-9-12-15-18-21-23-24-25-26-27-28-29-30-31-33-36-43-48-53-58-72(77)89-68(62-83-70(75)56-51-46-41-38-37-39-44-49-54-65(4)5)64-87-91(80,81)85-60-66(73)59-84-90(78,79)86-63-67(61-82-69(74)55-50-45-40-34-20-17-14-11-8-3)88-71(76)57-52-47-42-35-32-22-19-16-13-10-7-2/h65-68,73H,6-64H2,1-5H3,(H,78,79)(H,80,81)/t66-,67+,68+/m0/s1. The normalized spacial score (nSPS) is 14.0. The molecule has 540 valence electrons. The van der Waals surface area contributed by atoms with Gasteiger partial charge in [0.05, 0.1) is 26.4 Å². The van der Waals surface area contributed by atoms with Crippen molar-refractivity contribution in [1.29, 1.82) is 0 Å². The Bertz CT molecular complexity index is 1750. The van der Waals surface area contributed by atoms with Gasteiger partial charge < -0.3 is 33.8 Å². The molecule has 0 aliphatic carbocycles. The molecule has 0 aliphatic rings. The van der Waals surface area contributed by atoms with Crippen LogP contribution in [-0.2, 0) is 65.4 Å². The van der Waals surface area contributed by atoms with Gasteiger partial charge in [0, 0.05) is 25.7 Å². The smallest absolute Gasteiger partial charge is 0.462 e. The second-order valence-corrected chi connectivity index (χ2v) is 29.4. The van der Waals surface area contributed by atoms with Gasteiger partial charge in [0.1, 0.15) is 19.3 Å². The summed E-state index contributed by atoms with van der Waals surface area (Å²) < 4.78 is 68.3. The molecule has 0 saturated heterocycles. The summed E-state index contributed by atoms with van der Waals surface area (Å²) in [7, 11) is -9.90. The molecule has 3 N–H and O–H groups in total. The minimum Gasteiger partial charge on any atom is -0.462 e. The molecule has 0 heterocycles. The molecule has 0 bridgehead atoms. The molecular weight excluding hydrogens is 1200 g/mol. The van der Waals surface area contributed by atoms with Crippen LogP contribution in [0.4, 0.5) is 0 Å². The Labute approximate surface area is 556 Å². The van der Waals surface area contributed by atoms with Crippen molar-refractivity contribution < 1.29 is 80.2 Å². The van der Waals surface area contributed by atoms with Crippen molar-refractivity contribution in [3.8, 4) is 0 Å². The maximum atomic E-state index is 13.0. The monoisotopic (exact) mass is 1340 g/mol. The lowest BCUT2D eigenvalue weighted by Gasteiger charge is -2.21. The predicted molar refractivity (Wildman–Crippen MR) is 368 cm³/mol. The lowest BCUT2D eigenvalue weighted by Crippen LogP contribution is -2.30. The van der Waals surface area contributed by atoms with Gasteiger partial charge in [-0.25, -0.2) is 9.13 Å². The fourth-order valence-corrected chi connectivity index (χ4v) is 12.6. The van der Waals surface area contributed by atoms with Crippen molar-refractivity contribution in [2.75, 3.05) is 39.6 Å². The van der Waals surface area contributed by atoms with Crippen molar-refractivity contribution in [3.05, 3.63) is 0 Å². The van der Waals surface area contributed by atoms with E-state index in [9.17, 15) is 43.2 Å². The Kier molecular flexibility index (Phi) is 64.0.